The summed E-state index contributed by atoms with van der Waals surface area (Å²) < 4.78 is 40.1. The molecule has 0 spiro atoms. The summed E-state index contributed by atoms with van der Waals surface area (Å²) in [5.74, 6) is -1.40. The van der Waals surface area contributed by atoms with E-state index in [2.05, 4.69) is 10.1 Å². The lowest BCUT2D eigenvalue weighted by Gasteiger charge is -2.17. The average Bonchev–Trinajstić information content (AvgIpc) is 2.61. The van der Waals surface area contributed by atoms with Gasteiger partial charge in [0.15, 0.2) is 0 Å². The van der Waals surface area contributed by atoms with Gasteiger partial charge in [-0.15, -0.1) is 13.2 Å². The van der Waals surface area contributed by atoms with Crippen LogP contribution in [0.15, 0.2) is 48.5 Å². The number of anilines is 1. The van der Waals surface area contributed by atoms with E-state index >= 15 is 0 Å². The number of amides is 2. The van der Waals surface area contributed by atoms with Crippen LogP contribution in [-0.4, -0.2) is 36.7 Å². The number of alkyl halides is 3. The number of nitrogens with zero attached hydrogens (tertiary/aromatic N) is 2. The molecule has 0 aliphatic carbocycles. The van der Waals surface area contributed by atoms with Gasteiger partial charge in [0.1, 0.15) is 5.75 Å². The van der Waals surface area contributed by atoms with Crippen LogP contribution >= 0.6 is 0 Å². The molecule has 0 saturated carbocycles. The van der Waals surface area contributed by atoms with E-state index in [1.165, 1.54) is 31.3 Å². The maximum absolute atomic E-state index is 12.3. The molecule has 0 unspecified atom stereocenters. The first kappa shape index (κ1) is 19.8. The fraction of sp³-hybridized carbons (Fsp3) is 0.167. The lowest BCUT2D eigenvalue weighted by Crippen LogP contribution is -2.34. The largest absolute Gasteiger partial charge is 0.573 e. The summed E-state index contributed by atoms with van der Waals surface area (Å²) in [5, 5.41) is 11.3. The van der Waals surface area contributed by atoms with Gasteiger partial charge in [0, 0.05) is 18.3 Å². The monoisotopic (exact) mass is 377 g/mol. The zero-order valence-corrected chi connectivity index (χ0v) is 14.1. The van der Waals surface area contributed by atoms with E-state index in [0.29, 0.717) is 5.56 Å². The van der Waals surface area contributed by atoms with Gasteiger partial charge in [0.05, 0.1) is 18.2 Å². The van der Waals surface area contributed by atoms with Crippen molar-refractivity contribution in [3.8, 4) is 11.8 Å². The lowest BCUT2D eigenvalue weighted by molar-refractivity contribution is -0.274. The van der Waals surface area contributed by atoms with Gasteiger partial charge in [-0.2, -0.15) is 5.26 Å². The minimum Gasteiger partial charge on any atom is -0.406 e. The van der Waals surface area contributed by atoms with Crippen LogP contribution in [0.3, 0.4) is 0 Å². The van der Waals surface area contributed by atoms with Crippen molar-refractivity contribution in [2.24, 2.45) is 0 Å². The fourth-order valence-electron chi connectivity index (χ4n) is 2.17. The first-order chi connectivity index (χ1) is 12.7. The molecule has 9 heteroatoms. The molecule has 0 aliphatic heterocycles. The maximum atomic E-state index is 12.3. The van der Waals surface area contributed by atoms with Crippen LogP contribution in [0.5, 0.6) is 5.75 Å². The van der Waals surface area contributed by atoms with Crippen molar-refractivity contribution >= 4 is 17.5 Å². The zero-order valence-electron chi connectivity index (χ0n) is 14.1. The smallest absolute Gasteiger partial charge is 0.406 e. The highest BCUT2D eigenvalue weighted by Gasteiger charge is 2.31. The SMILES string of the molecule is CN(CC(=O)Nc1ccc(OC(F)(F)F)cc1)C(=O)c1cccc(C#N)c1. The molecule has 0 heterocycles. The molecule has 1 N–H and O–H groups in total. The summed E-state index contributed by atoms with van der Waals surface area (Å²) in [7, 11) is 1.42. The zero-order chi connectivity index (χ0) is 20.0. The van der Waals surface area contributed by atoms with Gasteiger partial charge in [0.2, 0.25) is 5.91 Å². The number of rotatable bonds is 5. The topological polar surface area (TPSA) is 82.4 Å². The Hall–Kier alpha value is -3.54. The van der Waals surface area contributed by atoms with Gasteiger partial charge >= 0.3 is 6.36 Å². The molecule has 0 saturated heterocycles. The van der Waals surface area contributed by atoms with E-state index in [1.54, 1.807) is 12.1 Å². The standard InChI is InChI=1S/C18H14F3N3O3/c1-24(17(26)13-4-2-3-12(9-13)10-22)11-16(25)23-14-5-7-15(8-6-14)27-18(19,20)21/h2-9H,11H2,1H3,(H,23,25). The second kappa shape index (κ2) is 8.23. The van der Waals surface area contributed by atoms with Crippen molar-refractivity contribution in [1.82, 2.24) is 4.90 Å². The van der Waals surface area contributed by atoms with E-state index in [0.717, 1.165) is 17.0 Å². The number of benzene rings is 2. The number of nitrogens with one attached hydrogen (secondary N) is 1. The first-order valence-electron chi connectivity index (χ1n) is 7.59. The Morgan fingerprint density at radius 1 is 1.19 bits per heavy atom. The van der Waals surface area contributed by atoms with Crippen LogP contribution in [-0.2, 0) is 4.79 Å². The van der Waals surface area contributed by atoms with Gasteiger partial charge in [-0.1, -0.05) is 6.07 Å². The van der Waals surface area contributed by atoms with Gasteiger partial charge in [-0.25, -0.2) is 0 Å². The van der Waals surface area contributed by atoms with Gasteiger partial charge < -0.3 is 15.0 Å². The summed E-state index contributed by atoms with van der Waals surface area (Å²) in [5.41, 5.74) is 0.833. The number of hydrogen-bond donors (Lipinski definition) is 1. The third-order valence-corrected chi connectivity index (χ3v) is 3.34. The second-order valence-electron chi connectivity index (χ2n) is 5.47. The number of ether oxygens (including phenoxy) is 1. The van der Waals surface area contributed by atoms with E-state index in [1.807, 2.05) is 6.07 Å². The third kappa shape index (κ3) is 6.04. The van der Waals surface area contributed by atoms with Crippen LogP contribution < -0.4 is 10.1 Å². The summed E-state index contributed by atoms with van der Waals surface area (Å²) >= 11 is 0. The highest BCUT2D eigenvalue weighted by atomic mass is 19.4. The molecular weight excluding hydrogens is 363 g/mol. The molecule has 0 bridgehead atoms. The third-order valence-electron chi connectivity index (χ3n) is 3.34. The van der Waals surface area contributed by atoms with Gasteiger partial charge in [-0.3, -0.25) is 9.59 Å². The molecule has 2 aromatic carbocycles. The minimum absolute atomic E-state index is 0.252. The highest BCUT2D eigenvalue weighted by Crippen LogP contribution is 2.23. The fourth-order valence-corrected chi connectivity index (χ4v) is 2.17. The van der Waals surface area contributed by atoms with Crippen molar-refractivity contribution in [2.75, 3.05) is 18.9 Å². The lowest BCUT2D eigenvalue weighted by atomic mass is 10.1. The van der Waals surface area contributed by atoms with Crippen LogP contribution in [0.25, 0.3) is 0 Å². The van der Waals surface area contributed by atoms with Crippen molar-refractivity contribution in [1.29, 1.82) is 5.26 Å². The molecule has 0 fully saturated rings. The van der Waals surface area contributed by atoms with E-state index in [4.69, 9.17) is 5.26 Å². The normalized spacial score (nSPS) is 10.6. The molecule has 27 heavy (non-hydrogen) atoms. The second-order valence-corrected chi connectivity index (χ2v) is 5.47. The van der Waals surface area contributed by atoms with Crippen LogP contribution in [0.1, 0.15) is 15.9 Å². The number of halogens is 3. The Bertz CT molecular complexity index is 874. The van der Waals surface area contributed by atoms with E-state index in [9.17, 15) is 22.8 Å². The molecule has 2 rings (SSSR count). The predicted octanol–water partition coefficient (Wildman–Crippen LogP) is 3.17. The number of likely N-dealkylation sites (N-methyl/N-ethyl adjacent to an activating group) is 1. The molecule has 2 amide bonds. The molecule has 0 atom stereocenters. The van der Waals surface area contributed by atoms with E-state index < -0.39 is 23.9 Å². The number of carbonyl (C=O) groups is 2. The Balaban J connectivity index is 1.94. The maximum Gasteiger partial charge on any atom is 0.573 e. The average molecular weight is 377 g/mol. The van der Waals surface area contributed by atoms with Crippen molar-refractivity contribution in [2.45, 2.75) is 6.36 Å². The summed E-state index contributed by atoms with van der Waals surface area (Å²) in [6, 6.07) is 12.6. The Morgan fingerprint density at radius 2 is 1.85 bits per heavy atom. The van der Waals surface area contributed by atoms with Crippen LogP contribution in [0.4, 0.5) is 18.9 Å². The van der Waals surface area contributed by atoms with E-state index in [-0.39, 0.29) is 17.8 Å². The Labute approximate surface area is 152 Å². The molecule has 0 radical (unpaired) electrons. The van der Waals surface area contributed by atoms with Crippen LogP contribution in [0, 0.1) is 11.3 Å². The van der Waals surface area contributed by atoms with Crippen molar-refractivity contribution in [3.05, 3.63) is 59.7 Å². The molecule has 0 aliphatic rings. The number of carbonyl (C=O) groups excluding carboxylic acids is 2. The van der Waals surface area contributed by atoms with Crippen molar-refractivity contribution < 1.29 is 27.5 Å². The first-order valence-corrected chi connectivity index (χ1v) is 7.59. The molecule has 140 valence electrons. The number of nitriles is 1. The molecular formula is C18H14F3N3O3. The Morgan fingerprint density at radius 3 is 2.44 bits per heavy atom. The van der Waals surface area contributed by atoms with Gasteiger partial charge in [0.25, 0.3) is 5.91 Å². The predicted molar refractivity (Wildman–Crippen MR) is 89.9 cm³/mol. The van der Waals surface area contributed by atoms with Crippen LogP contribution in [0.2, 0.25) is 0 Å². The highest BCUT2D eigenvalue weighted by molar-refractivity contribution is 5.99. The molecule has 6 nitrogen and oxygen atoms in total. The Kier molecular flexibility index (Phi) is 6.03. The summed E-state index contributed by atoms with van der Waals surface area (Å²) in [6.07, 6.45) is -4.79. The minimum atomic E-state index is -4.79. The quantitative estimate of drug-likeness (QED) is 0.868. The molecule has 2 aromatic rings. The summed E-state index contributed by atoms with van der Waals surface area (Å²) in [4.78, 5) is 25.5. The molecule has 0 aromatic heterocycles. The van der Waals surface area contributed by atoms with Crippen molar-refractivity contribution in [3.63, 3.8) is 0 Å². The number of hydrogen-bond acceptors (Lipinski definition) is 4. The van der Waals surface area contributed by atoms with Gasteiger partial charge in [-0.05, 0) is 42.5 Å². The summed E-state index contributed by atoms with van der Waals surface area (Å²) in [6.45, 7) is -0.281.